The van der Waals surface area contributed by atoms with Gasteiger partial charge in [0.2, 0.25) is 11.8 Å². The molecule has 2 N–H and O–H groups in total. The van der Waals surface area contributed by atoms with Gasteiger partial charge in [-0.25, -0.2) is 0 Å². The highest BCUT2D eigenvalue weighted by Crippen LogP contribution is 2.24. The lowest BCUT2D eigenvalue weighted by molar-refractivity contribution is -0.123. The maximum atomic E-state index is 12.0. The molecule has 0 bridgehead atoms. The summed E-state index contributed by atoms with van der Waals surface area (Å²) >= 11 is 11.7. The zero-order valence-electron chi connectivity index (χ0n) is 13.5. The van der Waals surface area contributed by atoms with Gasteiger partial charge in [-0.05, 0) is 38.1 Å². The molecule has 2 rings (SSSR count). The van der Waals surface area contributed by atoms with Crippen molar-refractivity contribution in [2.75, 3.05) is 38.6 Å². The van der Waals surface area contributed by atoms with Crippen LogP contribution in [-0.4, -0.2) is 56.1 Å². The molecule has 8 heteroatoms. The maximum Gasteiger partial charge on any atom is 0.238 e. The minimum Gasteiger partial charge on any atom is -0.376 e. The molecule has 24 heavy (non-hydrogen) atoms. The number of ether oxygens (including phenoxy) is 1. The molecule has 132 valence electrons. The summed E-state index contributed by atoms with van der Waals surface area (Å²) in [4.78, 5) is 25.5. The number of carbonyl (C=O) groups excluding carboxylic acids is 2. The second kappa shape index (κ2) is 9.22. The van der Waals surface area contributed by atoms with Gasteiger partial charge in [0.05, 0.1) is 29.2 Å². The molecule has 1 fully saturated rings. The van der Waals surface area contributed by atoms with Gasteiger partial charge in [0.1, 0.15) is 0 Å². The Labute approximate surface area is 151 Å². The van der Waals surface area contributed by atoms with E-state index in [0.717, 1.165) is 19.4 Å². The average molecular weight is 374 g/mol. The number of carbonyl (C=O) groups is 2. The molecule has 0 spiro atoms. The topological polar surface area (TPSA) is 70.7 Å². The molecule has 1 saturated heterocycles. The van der Waals surface area contributed by atoms with Crippen molar-refractivity contribution in [1.29, 1.82) is 0 Å². The Bertz CT molecular complexity index is 592. The first-order valence-corrected chi connectivity index (χ1v) is 8.51. The Kier molecular flexibility index (Phi) is 7.30. The smallest absolute Gasteiger partial charge is 0.238 e. The number of benzene rings is 1. The van der Waals surface area contributed by atoms with Crippen molar-refractivity contribution < 1.29 is 14.3 Å². The molecule has 1 heterocycles. The van der Waals surface area contributed by atoms with Crippen LogP contribution in [0, 0.1) is 0 Å². The second-order valence-corrected chi connectivity index (χ2v) is 6.60. The van der Waals surface area contributed by atoms with Gasteiger partial charge in [0.15, 0.2) is 0 Å². The van der Waals surface area contributed by atoms with Crippen molar-refractivity contribution in [2.24, 2.45) is 0 Å². The highest BCUT2D eigenvalue weighted by atomic mass is 35.5. The summed E-state index contributed by atoms with van der Waals surface area (Å²) in [7, 11) is 1.71. The predicted octanol–water partition coefficient (Wildman–Crippen LogP) is 2.16. The molecule has 1 aromatic carbocycles. The molecule has 0 aromatic heterocycles. The third-order valence-corrected chi connectivity index (χ3v) is 4.32. The van der Waals surface area contributed by atoms with E-state index >= 15 is 0 Å². The molecular weight excluding hydrogens is 353 g/mol. The van der Waals surface area contributed by atoms with Crippen LogP contribution in [-0.2, 0) is 14.3 Å². The molecular formula is C16H21Cl2N3O3. The van der Waals surface area contributed by atoms with Crippen molar-refractivity contribution in [3.63, 3.8) is 0 Å². The van der Waals surface area contributed by atoms with Gasteiger partial charge in [-0.15, -0.1) is 0 Å². The SMILES string of the molecule is CN(CC(=O)NC[C@@H]1CCCO1)CC(=O)Nc1ccc(Cl)c(Cl)c1. The van der Waals surface area contributed by atoms with Gasteiger partial charge >= 0.3 is 0 Å². The van der Waals surface area contributed by atoms with E-state index in [9.17, 15) is 9.59 Å². The van der Waals surface area contributed by atoms with Crippen LogP contribution in [0.3, 0.4) is 0 Å². The number of nitrogens with zero attached hydrogens (tertiary/aromatic N) is 1. The normalized spacial score (nSPS) is 17.1. The van der Waals surface area contributed by atoms with E-state index in [4.69, 9.17) is 27.9 Å². The van der Waals surface area contributed by atoms with E-state index in [2.05, 4.69) is 10.6 Å². The quantitative estimate of drug-likeness (QED) is 0.768. The fraction of sp³-hybridized carbons (Fsp3) is 0.500. The third-order valence-electron chi connectivity index (χ3n) is 3.58. The fourth-order valence-electron chi connectivity index (χ4n) is 2.41. The van der Waals surface area contributed by atoms with Crippen LogP contribution in [0.15, 0.2) is 18.2 Å². The summed E-state index contributed by atoms with van der Waals surface area (Å²) < 4.78 is 5.44. The van der Waals surface area contributed by atoms with Gasteiger partial charge in [0, 0.05) is 18.8 Å². The van der Waals surface area contributed by atoms with Crippen LogP contribution in [0.5, 0.6) is 0 Å². The minimum absolute atomic E-state index is 0.0909. The molecule has 1 aliphatic heterocycles. The minimum atomic E-state index is -0.234. The van der Waals surface area contributed by atoms with E-state index < -0.39 is 0 Å². The molecule has 0 radical (unpaired) electrons. The van der Waals surface area contributed by atoms with Crippen molar-refractivity contribution in [3.05, 3.63) is 28.2 Å². The van der Waals surface area contributed by atoms with E-state index in [1.54, 1.807) is 30.1 Å². The van der Waals surface area contributed by atoms with Gasteiger partial charge in [-0.3, -0.25) is 14.5 Å². The summed E-state index contributed by atoms with van der Waals surface area (Å²) in [5.41, 5.74) is 0.561. The van der Waals surface area contributed by atoms with Crippen molar-refractivity contribution >= 4 is 40.7 Å². The van der Waals surface area contributed by atoms with E-state index in [1.807, 2.05) is 0 Å². The Hall–Kier alpha value is -1.34. The number of halogens is 2. The van der Waals surface area contributed by atoms with Gasteiger partial charge in [0.25, 0.3) is 0 Å². The third kappa shape index (κ3) is 6.28. The predicted molar refractivity (Wildman–Crippen MR) is 94.6 cm³/mol. The molecule has 0 unspecified atom stereocenters. The van der Waals surface area contributed by atoms with E-state index in [-0.39, 0.29) is 31.0 Å². The van der Waals surface area contributed by atoms with Crippen LogP contribution in [0.1, 0.15) is 12.8 Å². The first kappa shape index (κ1) is 19.0. The summed E-state index contributed by atoms with van der Waals surface area (Å²) in [6.45, 7) is 1.51. The van der Waals surface area contributed by atoms with Crippen LogP contribution in [0.25, 0.3) is 0 Å². The summed E-state index contributed by atoms with van der Waals surface area (Å²) in [6, 6.07) is 4.86. The summed E-state index contributed by atoms with van der Waals surface area (Å²) in [5.74, 6) is -0.363. The zero-order chi connectivity index (χ0) is 17.5. The standard InChI is InChI=1S/C16H21Cl2N3O3/c1-21(9-15(22)19-8-12-3-2-6-24-12)10-16(23)20-11-4-5-13(17)14(18)7-11/h4-5,7,12H,2-3,6,8-10H2,1H3,(H,19,22)(H,20,23)/t12-/m0/s1. The fourth-order valence-corrected chi connectivity index (χ4v) is 2.71. The number of likely N-dealkylation sites (N-methyl/N-ethyl adjacent to an activating group) is 1. The Balaban J connectivity index is 1.70. The first-order valence-electron chi connectivity index (χ1n) is 7.76. The van der Waals surface area contributed by atoms with Gasteiger partial charge < -0.3 is 15.4 Å². The summed E-state index contributed by atoms with van der Waals surface area (Å²) in [6.07, 6.45) is 2.12. The molecule has 2 amide bonds. The molecule has 6 nitrogen and oxygen atoms in total. The second-order valence-electron chi connectivity index (χ2n) is 5.79. The average Bonchev–Trinajstić information content (AvgIpc) is 3.02. The number of hydrogen-bond donors (Lipinski definition) is 2. The van der Waals surface area contributed by atoms with Crippen molar-refractivity contribution in [3.8, 4) is 0 Å². The Morgan fingerprint density at radius 3 is 2.67 bits per heavy atom. The van der Waals surface area contributed by atoms with Crippen molar-refractivity contribution in [2.45, 2.75) is 18.9 Å². The lowest BCUT2D eigenvalue weighted by atomic mass is 10.2. The maximum absolute atomic E-state index is 12.0. The Morgan fingerprint density at radius 2 is 2.00 bits per heavy atom. The lowest BCUT2D eigenvalue weighted by Crippen LogP contribution is -2.41. The van der Waals surface area contributed by atoms with Crippen LogP contribution >= 0.6 is 23.2 Å². The van der Waals surface area contributed by atoms with Crippen LogP contribution in [0.4, 0.5) is 5.69 Å². The van der Waals surface area contributed by atoms with Crippen LogP contribution < -0.4 is 10.6 Å². The number of amides is 2. The molecule has 0 saturated carbocycles. The molecule has 1 aromatic rings. The largest absolute Gasteiger partial charge is 0.376 e. The van der Waals surface area contributed by atoms with E-state index in [1.165, 1.54) is 0 Å². The number of nitrogens with one attached hydrogen (secondary N) is 2. The van der Waals surface area contributed by atoms with Gasteiger partial charge in [-0.1, -0.05) is 23.2 Å². The van der Waals surface area contributed by atoms with Gasteiger partial charge in [-0.2, -0.15) is 0 Å². The number of hydrogen-bond acceptors (Lipinski definition) is 4. The highest BCUT2D eigenvalue weighted by Gasteiger charge is 2.17. The van der Waals surface area contributed by atoms with Crippen LogP contribution in [0.2, 0.25) is 10.0 Å². The lowest BCUT2D eigenvalue weighted by Gasteiger charge is -2.17. The number of anilines is 1. The highest BCUT2D eigenvalue weighted by molar-refractivity contribution is 6.42. The Morgan fingerprint density at radius 1 is 1.25 bits per heavy atom. The molecule has 0 aliphatic carbocycles. The first-order chi connectivity index (χ1) is 11.4. The number of rotatable bonds is 7. The zero-order valence-corrected chi connectivity index (χ0v) is 15.0. The van der Waals surface area contributed by atoms with E-state index in [0.29, 0.717) is 22.3 Å². The van der Waals surface area contributed by atoms with Crippen molar-refractivity contribution in [1.82, 2.24) is 10.2 Å². The molecule has 1 aliphatic rings. The monoisotopic (exact) mass is 373 g/mol. The summed E-state index contributed by atoms with van der Waals surface area (Å²) in [5, 5.41) is 6.34. The molecule has 1 atom stereocenters.